The van der Waals surface area contributed by atoms with E-state index in [9.17, 15) is 9.90 Å². The van der Waals surface area contributed by atoms with Crippen LogP contribution in [0.25, 0.3) is 0 Å². The number of aromatic nitrogens is 2. The van der Waals surface area contributed by atoms with E-state index in [-0.39, 0.29) is 12.5 Å². The maximum atomic E-state index is 12.6. The van der Waals surface area contributed by atoms with E-state index in [1.807, 2.05) is 18.7 Å². The fourth-order valence-corrected chi connectivity index (χ4v) is 3.26. The molecule has 2 aliphatic rings. The van der Waals surface area contributed by atoms with Crippen LogP contribution in [-0.4, -0.2) is 57.7 Å². The SMILES string of the molecule is Cc1cnc(N2CCC[C@](O)(C(=O)N3CCCC3)C2)nc1C. The van der Waals surface area contributed by atoms with Crippen molar-refractivity contribution in [2.75, 3.05) is 31.1 Å². The highest BCUT2D eigenvalue weighted by atomic mass is 16.3. The van der Waals surface area contributed by atoms with Gasteiger partial charge in [0.1, 0.15) is 0 Å². The third kappa shape index (κ3) is 2.79. The molecule has 6 heteroatoms. The Kier molecular flexibility index (Phi) is 4.04. The van der Waals surface area contributed by atoms with Crippen LogP contribution in [-0.2, 0) is 4.79 Å². The molecule has 2 fully saturated rings. The molecule has 2 aliphatic heterocycles. The number of carbonyl (C=O) groups is 1. The second-order valence-electron chi connectivity index (χ2n) is 6.49. The van der Waals surface area contributed by atoms with Crippen LogP contribution in [0.1, 0.15) is 36.9 Å². The van der Waals surface area contributed by atoms with Gasteiger partial charge in [0, 0.05) is 31.5 Å². The lowest BCUT2D eigenvalue weighted by Gasteiger charge is -2.40. The Balaban J connectivity index is 1.77. The molecule has 0 radical (unpaired) electrons. The highest BCUT2D eigenvalue weighted by Gasteiger charge is 2.43. The second-order valence-corrected chi connectivity index (χ2v) is 6.49. The molecule has 1 aromatic heterocycles. The van der Waals surface area contributed by atoms with Gasteiger partial charge in [-0.05, 0) is 45.1 Å². The Morgan fingerprint density at radius 2 is 1.95 bits per heavy atom. The molecule has 0 aromatic carbocycles. The summed E-state index contributed by atoms with van der Waals surface area (Å²) in [5.74, 6) is 0.481. The summed E-state index contributed by atoms with van der Waals surface area (Å²) >= 11 is 0. The van der Waals surface area contributed by atoms with Crippen molar-refractivity contribution in [2.45, 2.75) is 45.1 Å². The van der Waals surface area contributed by atoms with Gasteiger partial charge in [-0.2, -0.15) is 0 Å². The number of rotatable bonds is 2. The number of piperidine rings is 1. The zero-order valence-electron chi connectivity index (χ0n) is 13.4. The smallest absolute Gasteiger partial charge is 0.256 e. The molecule has 3 rings (SSSR count). The first-order chi connectivity index (χ1) is 10.5. The summed E-state index contributed by atoms with van der Waals surface area (Å²) in [5, 5.41) is 10.9. The standard InChI is InChI=1S/C16H24N4O2/c1-12-10-17-15(18-13(12)2)20-9-5-6-16(22,11-20)14(21)19-7-3-4-8-19/h10,22H,3-9,11H2,1-2H3/t16-/m1/s1. The van der Waals surface area contributed by atoms with Crippen LogP contribution in [0.2, 0.25) is 0 Å². The van der Waals surface area contributed by atoms with Crippen LogP contribution in [0.5, 0.6) is 0 Å². The van der Waals surface area contributed by atoms with Gasteiger partial charge in [-0.25, -0.2) is 9.97 Å². The second kappa shape index (κ2) is 5.83. The van der Waals surface area contributed by atoms with Crippen LogP contribution in [0.15, 0.2) is 6.20 Å². The zero-order valence-corrected chi connectivity index (χ0v) is 13.4. The molecule has 120 valence electrons. The van der Waals surface area contributed by atoms with E-state index in [2.05, 4.69) is 9.97 Å². The lowest BCUT2D eigenvalue weighted by Crippen LogP contribution is -2.58. The van der Waals surface area contributed by atoms with Crippen molar-refractivity contribution in [1.29, 1.82) is 0 Å². The minimum Gasteiger partial charge on any atom is -0.378 e. The number of aryl methyl sites for hydroxylation is 2. The summed E-state index contributed by atoms with van der Waals surface area (Å²) in [6.45, 7) is 6.51. The van der Waals surface area contributed by atoms with Crippen LogP contribution in [0, 0.1) is 13.8 Å². The van der Waals surface area contributed by atoms with Gasteiger partial charge >= 0.3 is 0 Å². The van der Waals surface area contributed by atoms with E-state index in [0.717, 1.165) is 50.2 Å². The first-order valence-electron chi connectivity index (χ1n) is 8.06. The quantitative estimate of drug-likeness (QED) is 0.884. The third-order valence-electron chi connectivity index (χ3n) is 4.76. The number of amides is 1. The summed E-state index contributed by atoms with van der Waals surface area (Å²) in [7, 11) is 0. The average molecular weight is 304 g/mol. The molecule has 3 heterocycles. The van der Waals surface area contributed by atoms with Crippen molar-refractivity contribution in [2.24, 2.45) is 0 Å². The molecule has 0 saturated carbocycles. The number of nitrogens with zero attached hydrogens (tertiary/aromatic N) is 4. The van der Waals surface area contributed by atoms with Gasteiger partial charge in [0.25, 0.3) is 5.91 Å². The number of anilines is 1. The number of carbonyl (C=O) groups excluding carboxylic acids is 1. The van der Waals surface area contributed by atoms with Crippen molar-refractivity contribution in [1.82, 2.24) is 14.9 Å². The first-order valence-corrected chi connectivity index (χ1v) is 8.06. The Morgan fingerprint density at radius 3 is 2.64 bits per heavy atom. The van der Waals surface area contributed by atoms with Crippen molar-refractivity contribution in [3.8, 4) is 0 Å². The van der Waals surface area contributed by atoms with Crippen LogP contribution < -0.4 is 4.90 Å². The minimum atomic E-state index is -1.30. The lowest BCUT2D eigenvalue weighted by molar-refractivity contribution is -0.151. The molecular formula is C16H24N4O2. The Morgan fingerprint density at radius 1 is 1.23 bits per heavy atom. The fourth-order valence-electron chi connectivity index (χ4n) is 3.26. The van der Waals surface area contributed by atoms with E-state index in [0.29, 0.717) is 12.4 Å². The Hall–Kier alpha value is -1.69. The molecule has 1 N–H and O–H groups in total. The average Bonchev–Trinajstić information content (AvgIpc) is 3.03. The molecule has 1 amide bonds. The van der Waals surface area contributed by atoms with Crippen LogP contribution >= 0.6 is 0 Å². The molecule has 0 bridgehead atoms. The third-order valence-corrected chi connectivity index (χ3v) is 4.76. The van der Waals surface area contributed by atoms with E-state index in [1.54, 1.807) is 11.1 Å². The van der Waals surface area contributed by atoms with Gasteiger partial charge in [0.05, 0.1) is 6.54 Å². The number of hydrogen-bond acceptors (Lipinski definition) is 5. The molecule has 1 atom stereocenters. The van der Waals surface area contributed by atoms with Gasteiger partial charge in [0.15, 0.2) is 5.60 Å². The molecule has 0 unspecified atom stereocenters. The van der Waals surface area contributed by atoms with E-state index in [1.165, 1.54) is 0 Å². The molecule has 0 spiro atoms. The predicted molar refractivity (Wildman–Crippen MR) is 83.7 cm³/mol. The molecule has 2 saturated heterocycles. The van der Waals surface area contributed by atoms with E-state index in [4.69, 9.17) is 0 Å². The van der Waals surface area contributed by atoms with Crippen LogP contribution in [0.4, 0.5) is 5.95 Å². The fraction of sp³-hybridized carbons (Fsp3) is 0.688. The largest absolute Gasteiger partial charge is 0.378 e. The van der Waals surface area contributed by atoms with E-state index < -0.39 is 5.60 Å². The highest BCUT2D eigenvalue weighted by molar-refractivity contribution is 5.86. The van der Waals surface area contributed by atoms with Gasteiger partial charge in [-0.15, -0.1) is 0 Å². The summed E-state index contributed by atoms with van der Waals surface area (Å²) in [5.41, 5.74) is 0.680. The highest BCUT2D eigenvalue weighted by Crippen LogP contribution is 2.27. The molecule has 1 aromatic rings. The maximum absolute atomic E-state index is 12.6. The Bertz CT molecular complexity index is 571. The molecule has 0 aliphatic carbocycles. The normalized spacial score (nSPS) is 25.6. The zero-order chi connectivity index (χ0) is 15.7. The van der Waals surface area contributed by atoms with Gasteiger partial charge < -0.3 is 14.9 Å². The molecule has 22 heavy (non-hydrogen) atoms. The summed E-state index contributed by atoms with van der Waals surface area (Å²) < 4.78 is 0. The van der Waals surface area contributed by atoms with Gasteiger partial charge in [0.2, 0.25) is 5.95 Å². The predicted octanol–water partition coefficient (Wildman–Crippen LogP) is 1.05. The lowest BCUT2D eigenvalue weighted by atomic mass is 9.91. The summed E-state index contributed by atoms with van der Waals surface area (Å²) in [4.78, 5) is 25.2. The van der Waals surface area contributed by atoms with Gasteiger partial charge in [-0.1, -0.05) is 0 Å². The number of hydrogen-bond donors (Lipinski definition) is 1. The van der Waals surface area contributed by atoms with Crippen molar-refractivity contribution in [3.05, 3.63) is 17.5 Å². The number of β-amino-alcohol motifs (C(OH)–C–C–N with tert-alkyl or cyclic N) is 1. The van der Waals surface area contributed by atoms with Gasteiger partial charge in [-0.3, -0.25) is 4.79 Å². The minimum absolute atomic E-state index is 0.126. The van der Waals surface area contributed by atoms with Crippen molar-refractivity contribution < 1.29 is 9.90 Å². The van der Waals surface area contributed by atoms with E-state index >= 15 is 0 Å². The first kappa shape index (κ1) is 15.2. The number of likely N-dealkylation sites (tertiary alicyclic amines) is 1. The summed E-state index contributed by atoms with van der Waals surface area (Å²) in [6.07, 6.45) is 5.15. The summed E-state index contributed by atoms with van der Waals surface area (Å²) in [6, 6.07) is 0. The van der Waals surface area contributed by atoms with Crippen molar-refractivity contribution in [3.63, 3.8) is 0 Å². The topological polar surface area (TPSA) is 69.6 Å². The maximum Gasteiger partial charge on any atom is 0.256 e. The molecular weight excluding hydrogens is 280 g/mol. The number of aliphatic hydroxyl groups is 1. The van der Waals surface area contributed by atoms with Crippen molar-refractivity contribution >= 4 is 11.9 Å². The monoisotopic (exact) mass is 304 g/mol. The molecule has 6 nitrogen and oxygen atoms in total. The van der Waals surface area contributed by atoms with Crippen LogP contribution in [0.3, 0.4) is 0 Å². The Labute approximate surface area is 131 Å².